The molecule has 188 valence electrons. The fourth-order valence-electron chi connectivity index (χ4n) is 5.14. The van der Waals surface area contributed by atoms with Crippen LogP contribution in [0.15, 0.2) is 72.8 Å². The second-order valence-corrected chi connectivity index (χ2v) is 9.64. The van der Waals surface area contributed by atoms with Crippen LogP contribution in [0.25, 0.3) is 22.3 Å². The number of carbonyl (C=O) groups excluding carboxylic acids is 3. The number of aromatic nitrogens is 2. The van der Waals surface area contributed by atoms with E-state index >= 15 is 0 Å². The second-order valence-electron chi connectivity index (χ2n) is 9.64. The van der Waals surface area contributed by atoms with E-state index in [1.807, 2.05) is 73.7 Å². The molecule has 2 aromatic carbocycles. The van der Waals surface area contributed by atoms with Gasteiger partial charge in [-0.2, -0.15) is 4.48 Å². The second kappa shape index (κ2) is 9.99. The molecule has 5 rings (SSSR count). The van der Waals surface area contributed by atoms with Crippen LogP contribution in [-0.4, -0.2) is 44.9 Å². The van der Waals surface area contributed by atoms with E-state index in [-0.39, 0.29) is 34.8 Å². The predicted octanol–water partition coefficient (Wildman–Crippen LogP) is 5.49. The Labute approximate surface area is 215 Å². The van der Waals surface area contributed by atoms with Gasteiger partial charge in [0.05, 0.1) is 24.0 Å². The van der Waals surface area contributed by atoms with Crippen LogP contribution >= 0.6 is 0 Å². The molecule has 3 N–H and O–H groups in total. The van der Waals surface area contributed by atoms with Gasteiger partial charge >= 0.3 is 11.9 Å². The highest BCUT2D eigenvalue weighted by Crippen LogP contribution is 2.31. The Balaban J connectivity index is 1.33. The number of pyridine rings is 1. The quantitative estimate of drug-likeness (QED) is 0.318. The number of quaternary nitrogens is 1. The van der Waals surface area contributed by atoms with Crippen molar-refractivity contribution >= 4 is 40.4 Å². The smallest absolute Gasteiger partial charge is 0.353 e. The van der Waals surface area contributed by atoms with E-state index in [2.05, 4.69) is 20.6 Å². The van der Waals surface area contributed by atoms with Crippen molar-refractivity contribution in [3.8, 4) is 11.3 Å². The number of H-pyrrole nitrogens is 1. The molecule has 1 aliphatic rings. The van der Waals surface area contributed by atoms with Gasteiger partial charge in [0.25, 0.3) is 0 Å². The van der Waals surface area contributed by atoms with Gasteiger partial charge in [-0.05, 0) is 48.4 Å². The lowest BCUT2D eigenvalue weighted by atomic mass is 10.1. The third kappa shape index (κ3) is 4.88. The van der Waals surface area contributed by atoms with E-state index in [9.17, 15) is 14.4 Å². The SMILES string of the molecule is CC(=O)Nc1ccc2[nH]c(-c3ccc(NC(=O)[N+]4(C(=O)Cc5ccccc5)CCC[C@H]4C)cc3)cc2n1. The summed E-state index contributed by atoms with van der Waals surface area (Å²) in [4.78, 5) is 46.1. The van der Waals surface area contributed by atoms with Gasteiger partial charge in [-0.15, -0.1) is 0 Å². The Hall–Kier alpha value is -4.30. The van der Waals surface area contributed by atoms with Crippen molar-refractivity contribution in [1.29, 1.82) is 0 Å². The number of imide groups is 1. The van der Waals surface area contributed by atoms with Crippen molar-refractivity contribution < 1.29 is 18.9 Å². The number of hydrogen-bond donors (Lipinski definition) is 3. The number of fused-ring (bicyclic) bond motifs is 1. The number of hydrogen-bond acceptors (Lipinski definition) is 4. The van der Waals surface area contributed by atoms with Gasteiger partial charge in [-0.3, -0.25) is 10.1 Å². The van der Waals surface area contributed by atoms with E-state index in [0.717, 1.165) is 40.7 Å². The number of nitrogens with one attached hydrogen (secondary N) is 3. The molecule has 1 aliphatic heterocycles. The van der Waals surface area contributed by atoms with E-state index in [4.69, 9.17) is 0 Å². The van der Waals surface area contributed by atoms with Gasteiger partial charge < -0.3 is 10.3 Å². The summed E-state index contributed by atoms with van der Waals surface area (Å²) in [5, 5.41) is 5.69. The minimum absolute atomic E-state index is 0.0725. The number of rotatable bonds is 5. The third-order valence-electron chi connectivity index (χ3n) is 7.12. The number of anilines is 2. The normalized spacial score (nSPS) is 19.0. The van der Waals surface area contributed by atoms with Crippen molar-refractivity contribution in [2.75, 3.05) is 17.2 Å². The van der Waals surface area contributed by atoms with Crippen molar-refractivity contribution in [2.45, 2.75) is 39.2 Å². The molecule has 1 fully saturated rings. The molecule has 4 amide bonds. The van der Waals surface area contributed by atoms with Gasteiger partial charge in [0.15, 0.2) is 0 Å². The topological polar surface area (TPSA) is 104 Å². The van der Waals surface area contributed by atoms with Crippen molar-refractivity contribution in [2.24, 2.45) is 0 Å². The molecule has 4 aromatic rings. The number of likely N-dealkylation sites (tertiary alicyclic amines) is 1. The maximum Gasteiger partial charge on any atom is 0.428 e. The summed E-state index contributed by atoms with van der Waals surface area (Å²) < 4.78 is -0.180. The average molecular weight is 497 g/mol. The summed E-state index contributed by atoms with van der Waals surface area (Å²) in [6.07, 6.45) is 1.91. The summed E-state index contributed by atoms with van der Waals surface area (Å²) in [7, 11) is 0. The van der Waals surface area contributed by atoms with Gasteiger partial charge in [0, 0.05) is 31.1 Å². The van der Waals surface area contributed by atoms with E-state index in [1.54, 1.807) is 6.07 Å². The molecule has 37 heavy (non-hydrogen) atoms. The highest BCUT2D eigenvalue weighted by Gasteiger charge is 2.52. The zero-order valence-corrected chi connectivity index (χ0v) is 21.0. The fourth-order valence-corrected chi connectivity index (χ4v) is 5.14. The Morgan fingerprint density at radius 2 is 1.76 bits per heavy atom. The first-order valence-corrected chi connectivity index (χ1v) is 12.5. The number of carbonyl (C=O) groups is 3. The number of urea groups is 1. The monoisotopic (exact) mass is 496 g/mol. The Kier molecular flexibility index (Phi) is 6.58. The lowest BCUT2D eigenvalue weighted by molar-refractivity contribution is -0.782. The highest BCUT2D eigenvalue weighted by atomic mass is 16.2. The first-order chi connectivity index (χ1) is 17.8. The van der Waals surface area contributed by atoms with Gasteiger partial charge in [0.1, 0.15) is 11.9 Å². The molecule has 1 saturated heterocycles. The molecule has 8 heteroatoms. The van der Waals surface area contributed by atoms with Crippen molar-refractivity contribution in [3.63, 3.8) is 0 Å². The average Bonchev–Trinajstić information content (AvgIpc) is 3.48. The lowest BCUT2D eigenvalue weighted by Crippen LogP contribution is -2.61. The molecule has 3 heterocycles. The molecule has 0 spiro atoms. The van der Waals surface area contributed by atoms with Crippen molar-refractivity contribution in [1.82, 2.24) is 9.97 Å². The maximum atomic E-state index is 13.6. The van der Waals surface area contributed by atoms with Crippen LogP contribution in [0.2, 0.25) is 0 Å². The number of benzene rings is 2. The third-order valence-corrected chi connectivity index (χ3v) is 7.12. The summed E-state index contributed by atoms with van der Waals surface area (Å²) >= 11 is 0. The van der Waals surface area contributed by atoms with E-state index in [0.29, 0.717) is 18.1 Å². The number of nitrogens with zero attached hydrogens (tertiary/aromatic N) is 2. The molecule has 0 radical (unpaired) electrons. The fraction of sp³-hybridized carbons (Fsp3) is 0.241. The summed E-state index contributed by atoms with van der Waals surface area (Å²) in [6.45, 7) is 3.95. The van der Waals surface area contributed by atoms with Crippen LogP contribution < -0.4 is 10.6 Å². The van der Waals surface area contributed by atoms with Crippen LogP contribution in [0.4, 0.5) is 16.3 Å². The first-order valence-electron chi connectivity index (χ1n) is 12.5. The Morgan fingerprint density at radius 1 is 1.00 bits per heavy atom. The molecule has 0 saturated carbocycles. The molecule has 0 aliphatic carbocycles. The van der Waals surface area contributed by atoms with Crippen molar-refractivity contribution in [3.05, 3.63) is 78.4 Å². The standard InChI is InChI=1S/C29H29N5O3/c1-19-7-6-16-34(19,28(36)17-21-8-4-3-5-9-21)29(37)31-23-12-10-22(11-13-23)25-18-26-24(32-25)14-15-27(33-26)30-20(2)35/h3-5,8-15,18-19H,6-7,16-17H2,1-2H3,(H2-,30,31,32,33,35,37)/p+1/t19-,34?/m1/s1. The van der Waals surface area contributed by atoms with Crippen LogP contribution in [0, 0.1) is 0 Å². The number of aromatic amines is 1. The molecule has 8 nitrogen and oxygen atoms in total. The van der Waals surface area contributed by atoms with Crippen LogP contribution in [0.1, 0.15) is 32.3 Å². The van der Waals surface area contributed by atoms with E-state index in [1.165, 1.54) is 6.92 Å². The van der Waals surface area contributed by atoms with Crippen LogP contribution in [0.5, 0.6) is 0 Å². The first kappa shape index (κ1) is 24.4. The molecule has 2 atom stereocenters. The predicted molar refractivity (Wildman–Crippen MR) is 144 cm³/mol. The number of amides is 4. The summed E-state index contributed by atoms with van der Waals surface area (Å²) in [5.41, 5.74) is 4.95. The molecule has 2 aromatic heterocycles. The van der Waals surface area contributed by atoms with Gasteiger partial charge in [-0.1, -0.05) is 42.5 Å². The zero-order chi connectivity index (χ0) is 26.0. The summed E-state index contributed by atoms with van der Waals surface area (Å²) in [5.74, 6) is 0.252. The van der Waals surface area contributed by atoms with Gasteiger partial charge in [-0.25, -0.2) is 14.6 Å². The zero-order valence-electron chi connectivity index (χ0n) is 21.0. The molecular formula is C29H30N5O3+. The highest BCUT2D eigenvalue weighted by molar-refractivity contribution is 5.94. The largest absolute Gasteiger partial charge is 0.428 e. The molecule has 0 bridgehead atoms. The van der Waals surface area contributed by atoms with E-state index < -0.39 is 0 Å². The lowest BCUT2D eigenvalue weighted by Gasteiger charge is -2.33. The Morgan fingerprint density at radius 3 is 2.43 bits per heavy atom. The van der Waals surface area contributed by atoms with Crippen LogP contribution in [0.3, 0.4) is 0 Å². The maximum absolute atomic E-state index is 13.6. The van der Waals surface area contributed by atoms with Crippen LogP contribution in [-0.2, 0) is 16.0 Å². The molecular weight excluding hydrogens is 466 g/mol. The minimum Gasteiger partial charge on any atom is -0.353 e. The Bertz CT molecular complexity index is 1460. The van der Waals surface area contributed by atoms with Gasteiger partial charge in [0.2, 0.25) is 5.91 Å². The minimum atomic E-state index is -0.279. The molecule has 1 unspecified atom stereocenters. The summed E-state index contributed by atoms with van der Waals surface area (Å²) in [6, 6.07) is 22.3.